The van der Waals surface area contributed by atoms with Crippen LogP contribution in [0, 0.1) is 11.8 Å². The van der Waals surface area contributed by atoms with E-state index in [1.54, 1.807) is 6.07 Å². The third kappa shape index (κ3) is 6.95. The lowest BCUT2D eigenvalue weighted by molar-refractivity contribution is 0.115. The van der Waals surface area contributed by atoms with E-state index in [-0.39, 0.29) is 6.61 Å². The fourth-order valence-electron chi connectivity index (χ4n) is 3.07. The Kier molecular flexibility index (Phi) is 8.82. The Morgan fingerprint density at radius 1 is 1.35 bits per heavy atom. The lowest BCUT2D eigenvalue weighted by Gasteiger charge is -2.36. The van der Waals surface area contributed by atoms with E-state index in [9.17, 15) is 5.11 Å². The average molecular weight is 355 g/mol. The monoisotopic (exact) mass is 355 g/mol. The molecule has 1 atom stereocenters. The highest BCUT2D eigenvalue weighted by molar-refractivity contribution is 5.27. The summed E-state index contributed by atoms with van der Waals surface area (Å²) in [4.78, 5) is 2.27. The van der Waals surface area contributed by atoms with Crippen molar-refractivity contribution in [1.82, 2.24) is 4.90 Å². The van der Waals surface area contributed by atoms with Crippen molar-refractivity contribution in [2.75, 3.05) is 26.4 Å². The number of aliphatic hydroxyl groups is 1. The second kappa shape index (κ2) is 11.4. The number of nitrogens with zero attached hydrogens (tertiary/aromatic N) is 1. The Morgan fingerprint density at radius 2 is 2.23 bits per heavy atom. The van der Waals surface area contributed by atoms with Crippen LogP contribution < -0.4 is 0 Å². The summed E-state index contributed by atoms with van der Waals surface area (Å²) in [6, 6.07) is 7.77. The number of aliphatic hydroxyl groups excluding tert-OH is 1. The number of aryl methyl sites for hydroxylation is 1. The quantitative estimate of drug-likeness (QED) is 0.427. The minimum Gasteiger partial charge on any atom is -0.508 e. The molecule has 1 saturated heterocycles. The van der Waals surface area contributed by atoms with Crippen LogP contribution in [-0.4, -0.2) is 47.5 Å². The molecule has 0 aliphatic carbocycles. The molecule has 0 radical (unpaired) electrons. The molecule has 0 spiro atoms. The fraction of sp³-hybridized carbons (Fsp3) is 0.455. The molecular weight excluding hydrogens is 326 g/mol. The zero-order valence-corrected chi connectivity index (χ0v) is 15.4. The van der Waals surface area contributed by atoms with E-state index in [0.717, 1.165) is 43.4 Å². The van der Waals surface area contributed by atoms with Crippen molar-refractivity contribution in [3.05, 3.63) is 54.3 Å². The summed E-state index contributed by atoms with van der Waals surface area (Å²) in [5.74, 6) is 6.45. The first kappa shape index (κ1) is 20.1. The molecule has 26 heavy (non-hydrogen) atoms. The zero-order valence-electron chi connectivity index (χ0n) is 15.4. The molecule has 1 fully saturated rings. The molecule has 0 amide bonds. The largest absolute Gasteiger partial charge is 0.508 e. The van der Waals surface area contributed by atoms with Crippen molar-refractivity contribution in [2.45, 2.75) is 38.1 Å². The van der Waals surface area contributed by atoms with Crippen molar-refractivity contribution in [3.63, 3.8) is 0 Å². The number of likely N-dealkylation sites (tertiary alicyclic amines) is 1. The summed E-state index contributed by atoms with van der Waals surface area (Å²) < 4.78 is 5.16. The SMILES string of the molecule is C=C1CCC[C@H](/C=C/CCc2cccc(O)c2)N1CC#CCOCCO. The molecule has 4 nitrogen and oxygen atoms in total. The first-order valence-electron chi connectivity index (χ1n) is 9.24. The first-order chi connectivity index (χ1) is 12.7. The molecule has 140 valence electrons. The van der Waals surface area contributed by atoms with Crippen LogP contribution in [0.25, 0.3) is 0 Å². The predicted octanol–water partition coefficient (Wildman–Crippen LogP) is 3.26. The van der Waals surface area contributed by atoms with Gasteiger partial charge in [0.15, 0.2) is 0 Å². The van der Waals surface area contributed by atoms with Crippen LogP contribution in [0.1, 0.15) is 31.2 Å². The first-order valence-corrected chi connectivity index (χ1v) is 9.24. The Labute approximate surface area is 156 Å². The van der Waals surface area contributed by atoms with Gasteiger partial charge in [0.2, 0.25) is 0 Å². The standard InChI is InChI=1S/C22H29NO3/c1-19-8-6-12-21(23(19)14-4-5-16-26-17-15-24)11-3-2-9-20-10-7-13-22(25)18-20/h3,7,10-11,13,18,21,24-25H,1-2,6,8-9,12,14-17H2/b11-3+/t21-/m0/s1. The minimum atomic E-state index is 0.0279. The third-order valence-corrected chi connectivity index (χ3v) is 4.42. The number of piperidine rings is 1. The van der Waals surface area contributed by atoms with Crippen LogP contribution in [0.5, 0.6) is 5.75 Å². The molecule has 1 aromatic carbocycles. The van der Waals surface area contributed by atoms with Gasteiger partial charge in [-0.25, -0.2) is 0 Å². The number of phenolic OH excluding ortho intramolecular Hbond substituents is 1. The molecule has 0 unspecified atom stereocenters. The molecule has 2 N–H and O–H groups in total. The number of phenols is 1. The van der Waals surface area contributed by atoms with Crippen LogP contribution in [0.3, 0.4) is 0 Å². The van der Waals surface area contributed by atoms with Gasteiger partial charge in [-0.2, -0.15) is 0 Å². The van der Waals surface area contributed by atoms with Crippen LogP contribution in [0.2, 0.25) is 0 Å². The van der Waals surface area contributed by atoms with E-state index in [0.29, 0.717) is 31.5 Å². The summed E-state index contributed by atoms with van der Waals surface area (Å²) in [7, 11) is 0. The van der Waals surface area contributed by atoms with Crippen LogP contribution in [0.15, 0.2) is 48.7 Å². The zero-order chi connectivity index (χ0) is 18.6. The molecule has 1 aromatic rings. The molecular formula is C22H29NO3. The van der Waals surface area contributed by atoms with Crippen molar-refractivity contribution in [1.29, 1.82) is 0 Å². The van der Waals surface area contributed by atoms with Gasteiger partial charge in [0.1, 0.15) is 12.4 Å². The minimum absolute atomic E-state index is 0.0279. The normalized spacial score (nSPS) is 17.3. The van der Waals surface area contributed by atoms with Crippen molar-refractivity contribution >= 4 is 0 Å². The van der Waals surface area contributed by atoms with Gasteiger partial charge in [-0.3, -0.25) is 0 Å². The predicted molar refractivity (Wildman–Crippen MR) is 105 cm³/mol. The second-order valence-corrected chi connectivity index (χ2v) is 6.42. The van der Waals surface area contributed by atoms with Crippen molar-refractivity contribution in [2.24, 2.45) is 0 Å². The average Bonchev–Trinajstić information content (AvgIpc) is 2.63. The summed E-state index contributed by atoms with van der Waals surface area (Å²) >= 11 is 0. The summed E-state index contributed by atoms with van der Waals surface area (Å²) in [6.07, 6.45) is 9.64. The van der Waals surface area contributed by atoms with Crippen LogP contribution in [0.4, 0.5) is 0 Å². The maximum Gasteiger partial charge on any atom is 0.115 e. The van der Waals surface area contributed by atoms with Gasteiger partial charge in [-0.1, -0.05) is 42.7 Å². The van der Waals surface area contributed by atoms with E-state index in [1.807, 2.05) is 18.2 Å². The van der Waals surface area contributed by atoms with E-state index in [1.165, 1.54) is 0 Å². The van der Waals surface area contributed by atoms with E-state index >= 15 is 0 Å². The van der Waals surface area contributed by atoms with Gasteiger partial charge in [0.25, 0.3) is 0 Å². The number of hydrogen-bond acceptors (Lipinski definition) is 4. The van der Waals surface area contributed by atoms with Crippen molar-refractivity contribution in [3.8, 4) is 17.6 Å². The number of benzene rings is 1. The number of aromatic hydroxyl groups is 1. The molecule has 0 bridgehead atoms. The summed E-state index contributed by atoms with van der Waals surface area (Å²) in [5.41, 5.74) is 2.29. The number of rotatable bonds is 8. The van der Waals surface area contributed by atoms with E-state index in [2.05, 4.69) is 35.5 Å². The topological polar surface area (TPSA) is 52.9 Å². The Morgan fingerprint density at radius 3 is 3.04 bits per heavy atom. The molecule has 0 saturated carbocycles. The smallest absolute Gasteiger partial charge is 0.115 e. The number of hydrogen-bond donors (Lipinski definition) is 2. The van der Waals surface area contributed by atoms with E-state index < -0.39 is 0 Å². The van der Waals surface area contributed by atoms with Crippen LogP contribution in [-0.2, 0) is 11.2 Å². The highest BCUT2D eigenvalue weighted by Crippen LogP contribution is 2.25. The van der Waals surface area contributed by atoms with Gasteiger partial charge >= 0.3 is 0 Å². The van der Waals surface area contributed by atoms with Gasteiger partial charge in [-0.05, 0) is 49.8 Å². The third-order valence-electron chi connectivity index (χ3n) is 4.42. The molecule has 1 heterocycles. The lowest BCUT2D eigenvalue weighted by atomic mass is 9.98. The molecule has 4 heteroatoms. The number of allylic oxidation sites excluding steroid dienone is 2. The lowest BCUT2D eigenvalue weighted by Crippen LogP contribution is -2.36. The van der Waals surface area contributed by atoms with Crippen LogP contribution >= 0.6 is 0 Å². The molecule has 2 rings (SSSR count). The molecule has 1 aliphatic heterocycles. The Hall–Kier alpha value is -2.22. The fourth-order valence-corrected chi connectivity index (χ4v) is 3.07. The maximum absolute atomic E-state index is 9.52. The van der Waals surface area contributed by atoms with Gasteiger partial charge < -0.3 is 19.8 Å². The molecule has 1 aliphatic rings. The van der Waals surface area contributed by atoms with E-state index in [4.69, 9.17) is 9.84 Å². The summed E-state index contributed by atoms with van der Waals surface area (Å²) in [5, 5.41) is 18.2. The second-order valence-electron chi connectivity index (χ2n) is 6.42. The van der Waals surface area contributed by atoms with Crippen molar-refractivity contribution < 1.29 is 14.9 Å². The highest BCUT2D eigenvalue weighted by Gasteiger charge is 2.20. The number of ether oxygens (including phenoxy) is 1. The Bertz CT molecular complexity index is 657. The van der Waals surface area contributed by atoms with Gasteiger partial charge in [0.05, 0.1) is 19.8 Å². The maximum atomic E-state index is 9.52. The van der Waals surface area contributed by atoms with Gasteiger partial charge in [0, 0.05) is 11.7 Å². The van der Waals surface area contributed by atoms with Gasteiger partial charge in [-0.15, -0.1) is 0 Å². The Balaban J connectivity index is 1.83. The highest BCUT2D eigenvalue weighted by atomic mass is 16.5. The molecule has 0 aromatic heterocycles. The summed E-state index contributed by atoms with van der Waals surface area (Å²) in [6.45, 7) is 5.56.